The Balaban J connectivity index is 2.77. The molecule has 0 saturated heterocycles. The molecule has 0 saturated carbocycles. The van der Waals surface area contributed by atoms with Crippen LogP contribution < -0.4 is 11.1 Å². The van der Waals surface area contributed by atoms with E-state index in [1.807, 2.05) is 0 Å². The molecule has 0 aliphatic carbocycles. The van der Waals surface area contributed by atoms with Gasteiger partial charge in [-0.2, -0.15) is 0 Å². The van der Waals surface area contributed by atoms with E-state index in [-0.39, 0.29) is 11.3 Å². The van der Waals surface area contributed by atoms with E-state index in [4.69, 9.17) is 10.8 Å². The molecular formula is C10H14N2O3S. The third kappa shape index (κ3) is 3.23. The second-order valence-corrected chi connectivity index (χ2v) is 4.83. The first-order valence-electron chi connectivity index (χ1n) is 4.68. The number of hydrogen-bond donors (Lipinski definition) is 3. The molecule has 1 atom stereocenters. The molecule has 0 aromatic heterocycles. The molecule has 0 aliphatic rings. The standard InChI is InChI=1S/C10H14N2O3S/c1-16(15)6-5-12-8-4-2-3-7(9(8)11)10(13)14/h2-4,12H,5-6,11H2,1H3,(H,13,14). The number of nitrogens with one attached hydrogen (secondary N) is 1. The number of nitrogen functional groups attached to an aromatic ring is 1. The van der Waals surface area contributed by atoms with Crippen molar-refractivity contribution < 1.29 is 14.1 Å². The highest BCUT2D eigenvalue weighted by Crippen LogP contribution is 2.22. The summed E-state index contributed by atoms with van der Waals surface area (Å²) in [6.45, 7) is 0.496. The van der Waals surface area contributed by atoms with Crippen molar-refractivity contribution in [2.45, 2.75) is 0 Å². The Kier molecular flexibility index (Phi) is 4.30. The fourth-order valence-corrected chi connectivity index (χ4v) is 1.62. The first kappa shape index (κ1) is 12.5. The van der Waals surface area contributed by atoms with E-state index in [2.05, 4.69) is 5.32 Å². The molecule has 0 fully saturated rings. The number of aromatic carboxylic acids is 1. The molecule has 4 N–H and O–H groups in total. The summed E-state index contributed by atoms with van der Waals surface area (Å²) in [6, 6.07) is 4.76. The normalized spacial score (nSPS) is 12.1. The van der Waals surface area contributed by atoms with Gasteiger partial charge in [-0.3, -0.25) is 4.21 Å². The first-order chi connectivity index (χ1) is 7.52. The fourth-order valence-electron chi connectivity index (χ4n) is 1.24. The Morgan fingerprint density at radius 3 is 2.81 bits per heavy atom. The van der Waals surface area contributed by atoms with Gasteiger partial charge in [0, 0.05) is 29.4 Å². The van der Waals surface area contributed by atoms with E-state index >= 15 is 0 Å². The molecule has 16 heavy (non-hydrogen) atoms. The van der Waals surface area contributed by atoms with Gasteiger partial charge in [0.2, 0.25) is 0 Å². The van der Waals surface area contributed by atoms with Crippen LogP contribution in [0.15, 0.2) is 18.2 Å². The molecule has 0 heterocycles. The Morgan fingerprint density at radius 2 is 2.25 bits per heavy atom. The fraction of sp³-hybridized carbons (Fsp3) is 0.300. The van der Waals surface area contributed by atoms with E-state index in [1.165, 1.54) is 6.07 Å². The largest absolute Gasteiger partial charge is 0.478 e. The second-order valence-electron chi connectivity index (χ2n) is 3.28. The molecule has 1 aromatic rings. The van der Waals surface area contributed by atoms with Crippen LogP contribution in [0.4, 0.5) is 11.4 Å². The summed E-state index contributed by atoms with van der Waals surface area (Å²) in [6.07, 6.45) is 1.61. The van der Waals surface area contributed by atoms with Crippen LogP contribution in [0.3, 0.4) is 0 Å². The molecule has 0 spiro atoms. The van der Waals surface area contributed by atoms with Crippen LogP contribution in [0.5, 0.6) is 0 Å². The van der Waals surface area contributed by atoms with Crippen LogP contribution in [0.25, 0.3) is 0 Å². The number of anilines is 2. The zero-order valence-corrected chi connectivity index (χ0v) is 9.71. The van der Waals surface area contributed by atoms with Crippen molar-refractivity contribution in [2.75, 3.05) is 29.6 Å². The summed E-state index contributed by atoms with van der Waals surface area (Å²) in [5, 5.41) is 11.8. The highest BCUT2D eigenvalue weighted by Gasteiger charge is 2.10. The van der Waals surface area contributed by atoms with Crippen LogP contribution in [0.2, 0.25) is 0 Å². The Bertz CT molecular complexity index is 421. The number of carbonyl (C=O) groups is 1. The monoisotopic (exact) mass is 242 g/mol. The first-order valence-corrected chi connectivity index (χ1v) is 6.40. The molecule has 1 aromatic carbocycles. The second kappa shape index (κ2) is 5.50. The van der Waals surface area contributed by atoms with Crippen molar-refractivity contribution in [3.05, 3.63) is 23.8 Å². The smallest absolute Gasteiger partial charge is 0.337 e. The lowest BCUT2D eigenvalue weighted by Crippen LogP contribution is -2.12. The topological polar surface area (TPSA) is 92.4 Å². The molecule has 1 unspecified atom stereocenters. The highest BCUT2D eigenvalue weighted by molar-refractivity contribution is 7.84. The van der Waals surface area contributed by atoms with Gasteiger partial charge in [-0.15, -0.1) is 0 Å². The minimum atomic E-state index is -1.06. The quantitative estimate of drug-likeness (QED) is 0.663. The third-order valence-electron chi connectivity index (χ3n) is 2.04. The van der Waals surface area contributed by atoms with Crippen molar-refractivity contribution >= 4 is 28.1 Å². The average molecular weight is 242 g/mol. The molecule has 6 heteroatoms. The maximum atomic E-state index is 10.8. The van der Waals surface area contributed by atoms with Crippen LogP contribution in [0.1, 0.15) is 10.4 Å². The van der Waals surface area contributed by atoms with Gasteiger partial charge < -0.3 is 16.2 Å². The van der Waals surface area contributed by atoms with Gasteiger partial charge in [0.1, 0.15) is 0 Å². The van der Waals surface area contributed by atoms with Gasteiger partial charge >= 0.3 is 5.97 Å². The number of carboxylic acid groups (broad SMARTS) is 1. The summed E-state index contributed by atoms with van der Waals surface area (Å²) >= 11 is 0. The van der Waals surface area contributed by atoms with Crippen LogP contribution in [-0.2, 0) is 10.8 Å². The lowest BCUT2D eigenvalue weighted by atomic mass is 10.1. The van der Waals surface area contributed by atoms with Crippen LogP contribution in [-0.4, -0.2) is 33.8 Å². The molecule has 0 amide bonds. The highest BCUT2D eigenvalue weighted by atomic mass is 32.2. The Hall–Kier alpha value is -1.56. The molecule has 88 valence electrons. The van der Waals surface area contributed by atoms with Crippen molar-refractivity contribution in [3.8, 4) is 0 Å². The molecule has 5 nitrogen and oxygen atoms in total. The van der Waals surface area contributed by atoms with E-state index < -0.39 is 16.8 Å². The summed E-state index contributed by atoms with van der Waals surface area (Å²) in [5.74, 6) is -0.559. The number of hydrogen-bond acceptors (Lipinski definition) is 4. The van der Waals surface area contributed by atoms with E-state index in [9.17, 15) is 9.00 Å². The number of carboxylic acids is 1. The average Bonchev–Trinajstić information content (AvgIpc) is 2.19. The number of para-hydroxylation sites is 1. The van der Waals surface area contributed by atoms with Gasteiger partial charge in [0.05, 0.1) is 16.9 Å². The Labute approximate surface area is 96.1 Å². The number of benzene rings is 1. The van der Waals surface area contributed by atoms with Crippen LogP contribution in [0, 0.1) is 0 Å². The summed E-state index contributed by atoms with van der Waals surface area (Å²) in [5.41, 5.74) is 6.52. The minimum Gasteiger partial charge on any atom is -0.478 e. The number of rotatable bonds is 5. The maximum absolute atomic E-state index is 10.8. The number of nitrogens with two attached hydrogens (primary N) is 1. The summed E-state index contributed by atoms with van der Waals surface area (Å²) < 4.78 is 10.8. The van der Waals surface area contributed by atoms with Gasteiger partial charge in [-0.05, 0) is 12.1 Å². The molecule has 1 rings (SSSR count). The molecule has 0 bridgehead atoms. The summed E-state index contributed by atoms with van der Waals surface area (Å²) in [4.78, 5) is 10.8. The predicted molar refractivity (Wildman–Crippen MR) is 65.2 cm³/mol. The SMILES string of the molecule is CS(=O)CCNc1cccc(C(=O)O)c1N. The van der Waals surface area contributed by atoms with Gasteiger partial charge in [0.25, 0.3) is 0 Å². The molecule has 0 radical (unpaired) electrons. The minimum absolute atomic E-state index is 0.0719. The van der Waals surface area contributed by atoms with Crippen molar-refractivity contribution in [1.29, 1.82) is 0 Å². The van der Waals surface area contributed by atoms with Crippen LogP contribution >= 0.6 is 0 Å². The lowest BCUT2D eigenvalue weighted by molar-refractivity contribution is 0.0698. The lowest BCUT2D eigenvalue weighted by Gasteiger charge is -2.10. The van der Waals surface area contributed by atoms with E-state index in [1.54, 1.807) is 18.4 Å². The molecular weight excluding hydrogens is 228 g/mol. The third-order valence-corrected chi connectivity index (χ3v) is 2.82. The molecule has 0 aliphatic heterocycles. The Morgan fingerprint density at radius 1 is 1.56 bits per heavy atom. The summed E-state index contributed by atoms with van der Waals surface area (Å²) in [7, 11) is -0.880. The van der Waals surface area contributed by atoms with E-state index in [0.717, 1.165) is 0 Å². The predicted octanol–water partition coefficient (Wildman–Crippen LogP) is 0.757. The van der Waals surface area contributed by atoms with Crippen molar-refractivity contribution in [1.82, 2.24) is 0 Å². The van der Waals surface area contributed by atoms with Gasteiger partial charge in [0.15, 0.2) is 0 Å². The van der Waals surface area contributed by atoms with Crippen molar-refractivity contribution in [3.63, 3.8) is 0 Å². The van der Waals surface area contributed by atoms with Gasteiger partial charge in [-0.1, -0.05) is 6.07 Å². The van der Waals surface area contributed by atoms with Gasteiger partial charge in [-0.25, -0.2) is 4.79 Å². The zero-order chi connectivity index (χ0) is 12.1. The van der Waals surface area contributed by atoms with E-state index in [0.29, 0.717) is 18.0 Å². The zero-order valence-electron chi connectivity index (χ0n) is 8.90. The maximum Gasteiger partial charge on any atom is 0.337 e. The van der Waals surface area contributed by atoms with Crippen molar-refractivity contribution in [2.24, 2.45) is 0 Å².